The predicted octanol–water partition coefficient (Wildman–Crippen LogP) is 0.801. The Morgan fingerprint density at radius 3 is 0.976 bits per heavy atom. The number of hydrogen-bond donors (Lipinski definition) is 12. The van der Waals surface area contributed by atoms with Crippen molar-refractivity contribution in [2.45, 2.75) is 227 Å². The number of nitrogens with two attached hydrogens (primary N) is 1. The molecular weight excluding hydrogens is 1060 g/mol. The molecule has 0 spiro atoms. The second-order valence-electron chi connectivity index (χ2n) is 28.5. The van der Waals surface area contributed by atoms with Crippen LogP contribution >= 0.6 is 0 Å². The van der Waals surface area contributed by atoms with Gasteiger partial charge in [0.2, 0.25) is 70.8 Å². The van der Waals surface area contributed by atoms with Crippen LogP contribution in [0.1, 0.15) is 179 Å². The summed E-state index contributed by atoms with van der Waals surface area (Å²) in [5.41, 5.74) is -0.779. The van der Waals surface area contributed by atoms with Crippen molar-refractivity contribution < 1.29 is 62.3 Å². The lowest BCUT2D eigenvalue weighted by Crippen LogP contribution is -2.65. The minimum atomic E-state index is -1.32. The van der Waals surface area contributed by atoms with Crippen LogP contribution in [0.5, 0.6) is 0 Å². The molecule has 0 aromatic rings. The van der Waals surface area contributed by atoms with Crippen LogP contribution in [0.4, 0.5) is 0 Å². The lowest BCUT2D eigenvalue weighted by atomic mass is 9.81. The third-order valence-electron chi connectivity index (χ3n) is 13.5. The number of primary amides is 1. The fourth-order valence-corrected chi connectivity index (χ4v) is 7.75. The van der Waals surface area contributed by atoms with Gasteiger partial charge in [-0.2, -0.15) is 0 Å². The molecule has 0 aliphatic heterocycles. The first-order chi connectivity index (χ1) is 36.8. The maximum absolute atomic E-state index is 14.4. The molecule has 0 bridgehead atoms. The van der Waals surface area contributed by atoms with Crippen LogP contribution in [0.2, 0.25) is 0 Å². The molecule has 0 saturated heterocycles. The molecule has 25 heteroatoms. The molecule has 0 aromatic carbocycles. The van der Waals surface area contributed by atoms with Crippen LogP contribution in [-0.2, 0) is 62.3 Å². The number of rotatable bonds is 27. The van der Waals surface area contributed by atoms with E-state index in [4.69, 9.17) is 5.73 Å². The Hall–Kier alpha value is -6.69. The van der Waals surface area contributed by atoms with Crippen molar-refractivity contribution in [1.82, 2.24) is 58.5 Å². The second kappa shape index (κ2) is 30.0. The average Bonchev–Trinajstić information content (AvgIpc) is 3.30. The first kappa shape index (κ1) is 75.3. The molecule has 0 fully saturated rings. The summed E-state index contributed by atoms with van der Waals surface area (Å²) in [4.78, 5) is 173. The van der Waals surface area contributed by atoms with E-state index >= 15 is 0 Å². The number of Topliss-reactive ketones (excluding diaryl/α,β-unsaturated/α-hetero) is 1. The van der Waals surface area contributed by atoms with Crippen LogP contribution in [-0.4, -0.2) is 145 Å². The maximum Gasteiger partial charge on any atom is 0.287 e. The highest BCUT2D eigenvalue weighted by molar-refractivity contribution is 6.36. The summed E-state index contributed by atoms with van der Waals surface area (Å²) in [5, 5.41) is 28.4. The maximum atomic E-state index is 14.4. The molecule has 25 nitrogen and oxygen atoms in total. The molecule has 0 aliphatic rings. The standard InChI is InChI=1S/C57H102N12O13/c1-24-57(22,23)41(65-35(73)28-60-44(76)32(70)25-26-51(4,5)6)45(77)61-29-34(72)64-36(52(7,8)9)48(80)69-40(56(19,20)21)50(82)68-38(54(13,14)15)47(79)63-31(3)43(75)66-39(55(16,17)18)49(81)67-37(53(10,11)12)46(78)62-30(2)42(74)59-27-33(58)71/h30-31,36-41H,24-29H2,1-23H3,(H2,58,71)(H,59,74)(H,60,76)(H,61,77)(H,62,78)(H,63,79)(H,64,72)(H,65,73)(H,66,75)(H,67,81)(H,68,82)(H,69,80)/t30-,31-,36+,37-,38+,39+,40-,41+/m0/s1. The molecule has 0 aromatic heterocycles. The number of hydrogen-bond acceptors (Lipinski definition) is 13. The fraction of sp³-hybridized carbons (Fsp3) is 0.772. The first-order valence-corrected chi connectivity index (χ1v) is 27.8. The molecule has 0 radical (unpaired) electrons. The summed E-state index contributed by atoms with van der Waals surface area (Å²) in [7, 11) is 0. The minimum absolute atomic E-state index is 0.00436. The fourth-order valence-electron chi connectivity index (χ4n) is 7.75. The first-order valence-electron chi connectivity index (χ1n) is 27.8. The summed E-state index contributed by atoms with van der Waals surface area (Å²) in [5.74, 6) is -9.94. The molecule has 13 N–H and O–H groups in total. The quantitative estimate of drug-likeness (QED) is 0.0507. The third-order valence-corrected chi connectivity index (χ3v) is 13.5. The number of nitrogens with one attached hydrogen (secondary N) is 11. The topological polar surface area (TPSA) is 380 Å². The molecular formula is C57H102N12O13. The van der Waals surface area contributed by atoms with E-state index in [2.05, 4.69) is 58.5 Å². The van der Waals surface area contributed by atoms with E-state index in [9.17, 15) is 62.3 Å². The van der Waals surface area contributed by atoms with Gasteiger partial charge in [-0.3, -0.25) is 62.3 Å². The minimum Gasteiger partial charge on any atom is -0.368 e. The molecule has 8 atom stereocenters. The van der Waals surface area contributed by atoms with Gasteiger partial charge in [0, 0.05) is 6.42 Å². The normalized spacial score (nSPS) is 15.4. The highest BCUT2D eigenvalue weighted by Gasteiger charge is 2.44. The van der Waals surface area contributed by atoms with E-state index in [1.807, 2.05) is 20.8 Å². The summed E-state index contributed by atoms with van der Waals surface area (Å²) in [6.45, 7) is 37.3. The van der Waals surface area contributed by atoms with E-state index in [1.165, 1.54) is 13.8 Å². The van der Waals surface area contributed by atoms with E-state index in [-0.39, 0.29) is 11.8 Å². The monoisotopic (exact) mass is 1160 g/mol. The van der Waals surface area contributed by atoms with Crippen molar-refractivity contribution in [3.63, 3.8) is 0 Å². The smallest absolute Gasteiger partial charge is 0.287 e. The highest BCUT2D eigenvalue weighted by Crippen LogP contribution is 2.28. The Balaban J connectivity index is 6.34. The van der Waals surface area contributed by atoms with Crippen molar-refractivity contribution in [1.29, 1.82) is 0 Å². The van der Waals surface area contributed by atoms with Gasteiger partial charge in [-0.15, -0.1) is 0 Å². The summed E-state index contributed by atoms with van der Waals surface area (Å²) >= 11 is 0. The van der Waals surface area contributed by atoms with Crippen LogP contribution < -0.4 is 64.2 Å². The summed E-state index contributed by atoms with van der Waals surface area (Å²) in [6, 6.07) is -10.0. The molecule has 0 heterocycles. The van der Waals surface area contributed by atoms with E-state index < -0.39 is 177 Å². The van der Waals surface area contributed by atoms with Gasteiger partial charge in [-0.1, -0.05) is 145 Å². The predicted molar refractivity (Wildman–Crippen MR) is 310 cm³/mol. The van der Waals surface area contributed by atoms with Gasteiger partial charge in [0.05, 0.1) is 19.6 Å². The Kier molecular flexibility index (Phi) is 27.6. The van der Waals surface area contributed by atoms with E-state index in [0.29, 0.717) is 12.8 Å². The molecule has 0 saturated carbocycles. The largest absolute Gasteiger partial charge is 0.368 e. The Morgan fingerprint density at radius 1 is 0.354 bits per heavy atom. The molecule has 0 aliphatic carbocycles. The van der Waals surface area contributed by atoms with Crippen LogP contribution in [0, 0.1) is 37.9 Å². The van der Waals surface area contributed by atoms with Gasteiger partial charge in [-0.05, 0) is 64.6 Å². The number of ketones is 1. The Morgan fingerprint density at radius 2 is 0.646 bits per heavy atom. The van der Waals surface area contributed by atoms with Gasteiger partial charge >= 0.3 is 0 Å². The molecule has 12 amide bonds. The van der Waals surface area contributed by atoms with Crippen molar-refractivity contribution in [2.75, 3.05) is 19.6 Å². The van der Waals surface area contributed by atoms with E-state index in [1.54, 1.807) is 125 Å². The summed E-state index contributed by atoms with van der Waals surface area (Å²) in [6.07, 6.45) is 0.862. The van der Waals surface area contributed by atoms with Gasteiger partial charge in [0.25, 0.3) is 5.91 Å². The van der Waals surface area contributed by atoms with E-state index in [0.717, 1.165) is 0 Å². The summed E-state index contributed by atoms with van der Waals surface area (Å²) < 4.78 is 0. The molecule has 468 valence electrons. The van der Waals surface area contributed by atoms with Crippen molar-refractivity contribution in [3.8, 4) is 0 Å². The van der Waals surface area contributed by atoms with Gasteiger partial charge in [0.1, 0.15) is 48.3 Å². The average molecular weight is 1160 g/mol. The Bertz CT molecular complexity index is 2350. The number of amides is 12. The van der Waals surface area contributed by atoms with Crippen LogP contribution in [0.15, 0.2) is 0 Å². The van der Waals surface area contributed by atoms with Gasteiger partial charge in [0.15, 0.2) is 0 Å². The second-order valence-corrected chi connectivity index (χ2v) is 28.5. The van der Waals surface area contributed by atoms with Gasteiger partial charge in [-0.25, -0.2) is 0 Å². The van der Waals surface area contributed by atoms with Crippen LogP contribution in [0.3, 0.4) is 0 Å². The zero-order chi connectivity index (χ0) is 64.6. The third kappa shape index (κ3) is 26.0. The number of carbonyl (C=O) groups excluding carboxylic acids is 13. The Labute approximate surface area is 486 Å². The van der Waals surface area contributed by atoms with Gasteiger partial charge < -0.3 is 64.2 Å². The van der Waals surface area contributed by atoms with Crippen molar-refractivity contribution in [2.24, 2.45) is 43.6 Å². The molecule has 0 unspecified atom stereocenters. The molecule has 0 rings (SSSR count). The zero-order valence-electron chi connectivity index (χ0n) is 53.2. The highest BCUT2D eigenvalue weighted by atomic mass is 16.2. The van der Waals surface area contributed by atoms with Crippen molar-refractivity contribution >= 4 is 76.7 Å². The lowest BCUT2D eigenvalue weighted by molar-refractivity contribution is -0.139. The van der Waals surface area contributed by atoms with Crippen molar-refractivity contribution in [3.05, 3.63) is 0 Å². The zero-order valence-corrected chi connectivity index (χ0v) is 53.2. The SMILES string of the molecule is CCC(C)(C)[C@H](NC(=O)CNC(=O)C(=O)CCC(C)(C)C)C(=O)NCC(=O)N[C@H](C(=O)N[C@@H](C(=O)N[C@H](C(=O)N[C@@H](C)C(=O)N[C@H](C(=O)N[C@@H](C(=O)N[C@@H](C)C(=O)NCC(N)=O)C(C)(C)C)C(C)(C)C)C(C)(C)C)C(C)(C)C)C(C)(C)C. The molecule has 82 heavy (non-hydrogen) atoms. The lowest BCUT2D eigenvalue weighted by Gasteiger charge is -2.38. The van der Waals surface area contributed by atoms with Crippen LogP contribution in [0.25, 0.3) is 0 Å². The number of carbonyl (C=O) groups is 13.